The molecule has 0 N–H and O–H groups in total. The molecule has 0 spiro atoms. The first-order valence-corrected chi connectivity index (χ1v) is 4.94. The fraction of sp³-hybridized carbons (Fsp3) is 0.636. The standard InChI is InChI=1S/C11H17NO2/c1-3-4-5-6-7-8-10(9-12)11(13)14-2/h8H,3-7H2,1-2H3/b10-8+. The fourth-order valence-corrected chi connectivity index (χ4v) is 1.10. The van der Waals surface area contributed by atoms with Crippen molar-refractivity contribution in [1.29, 1.82) is 5.26 Å². The molecular weight excluding hydrogens is 178 g/mol. The molecule has 0 rings (SSSR count). The van der Waals surface area contributed by atoms with E-state index in [0.29, 0.717) is 0 Å². The molecule has 0 fully saturated rings. The van der Waals surface area contributed by atoms with Crippen molar-refractivity contribution >= 4 is 5.97 Å². The van der Waals surface area contributed by atoms with E-state index in [1.807, 2.05) is 6.07 Å². The van der Waals surface area contributed by atoms with E-state index in [4.69, 9.17) is 5.26 Å². The Morgan fingerprint density at radius 3 is 2.64 bits per heavy atom. The van der Waals surface area contributed by atoms with Crippen molar-refractivity contribution in [2.45, 2.75) is 39.0 Å². The van der Waals surface area contributed by atoms with Crippen LogP contribution in [0.25, 0.3) is 0 Å². The Morgan fingerprint density at radius 1 is 1.43 bits per heavy atom. The molecule has 3 heteroatoms. The van der Waals surface area contributed by atoms with Crippen LogP contribution in [0.3, 0.4) is 0 Å². The molecule has 0 aliphatic carbocycles. The van der Waals surface area contributed by atoms with Gasteiger partial charge in [-0.15, -0.1) is 0 Å². The highest BCUT2D eigenvalue weighted by Gasteiger charge is 2.06. The van der Waals surface area contributed by atoms with Crippen molar-refractivity contribution in [3.05, 3.63) is 11.6 Å². The maximum absolute atomic E-state index is 10.9. The summed E-state index contributed by atoms with van der Waals surface area (Å²) in [7, 11) is 1.28. The summed E-state index contributed by atoms with van der Waals surface area (Å²) in [5, 5.41) is 8.61. The van der Waals surface area contributed by atoms with E-state index < -0.39 is 5.97 Å². The van der Waals surface area contributed by atoms with Gasteiger partial charge in [-0.1, -0.05) is 32.3 Å². The first kappa shape index (κ1) is 12.7. The number of carbonyl (C=O) groups is 1. The molecule has 0 aromatic carbocycles. The Bertz CT molecular complexity index is 238. The normalized spacial score (nSPS) is 10.8. The van der Waals surface area contributed by atoms with Crippen LogP contribution < -0.4 is 0 Å². The number of ether oxygens (including phenoxy) is 1. The van der Waals surface area contributed by atoms with Gasteiger partial charge in [0.25, 0.3) is 0 Å². The Balaban J connectivity index is 3.84. The molecule has 0 unspecified atom stereocenters. The number of nitrogens with zero attached hydrogens (tertiary/aromatic N) is 1. The molecule has 0 aromatic rings. The number of allylic oxidation sites excluding steroid dienone is 1. The van der Waals surface area contributed by atoms with Gasteiger partial charge in [-0.2, -0.15) is 5.26 Å². The van der Waals surface area contributed by atoms with E-state index in [-0.39, 0.29) is 5.57 Å². The van der Waals surface area contributed by atoms with Crippen LogP contribution >= 0.6 is 0 Å². The number of esters is 1. The quantitative estimate of drug-likeness (QED) is 0.283. The van der Waals surface area contributed by atoms with E-state index in [1.54, 1.807) is 6.08 Å². The molecule has 0 bridgehead atoms. The van der Waals surface area contributed by atoms with Crippen LogP contribution in [0.1, 0.15) is 39.0 Å². The van der Waals surface area contributed by atoms with Gasteiger partial charge in [0.15, 0.2) is 0 Å². The topological polar surface area (TPSA) is 50.1 Å². The third-order valence-corrected chi connectivity index (χ3v) is 1.93. The number of hydrogen-bond acceptors (Lipinski definition) is 3. The molecule has 3 nitrogen and oxygen atoms in total. The fourth-order valence-electron chi connectivity index (χ4n) is 1.10. The first-order chi connectivity index (χ1) is 6.76. The lowest BCUT2D eigenvalue weighted by atomic mass is 10.1. The monoisotopic (exact) mass is 195 g/mol. The van der Waals surface area contributed by atoms with Gasteiger partial charge in [-0.25, -0.2) is 4.79 Å². The predicted octanol–water partition coefficient (Wildman–Crippen LogP) is 2.58. The SMILES string of the molecule is CCCCCC/C=C(\C#N)C(=O)OC. The second-order valence-electron chi connectivity index (χ2n) is 3.07. The van der Waals surface area contributed by atoms with Crippen molar-refractivity contribution in [3.8, 4) is 6.07 Å². The van der Waals surface area contributed by atoms with Crippen LogP contribution in [0.15, 0.2) is 11.6 Å². The van der Waals surface area contributed by atoms with Crippen LogP contribution in [0.4, 0.5) is 0 Å². The van der Waals surface area contributed by atoms with Crippen LogP contribution in [-0.2, 0) is 9.53 Å². The molecular formula is C11H17NO2. The van der Waals surface area contributed by atoms with E-state index in [9.17, 15) is 4.79 Å². The van der Waals surface area contributed by atoms with Crippen molar-refractivity contribution in [2.75, 3.05) is 7.11 Å². The molecule has 0 atom stereocenters. The summed E-state index contributed by atoms with van der Waals surface area (Å²) < 4.78 is 4.45. The van der Waals surface area contributed by atoms with Crippen molar-refractivity contribution in [2.24, 2.45) is 0 Å². The molecule has 0 amide bonds. The Labute approximate surface area is 85.4 Å². The highest BCUT2D eigenvalue weighted by atomic mass is 16.5. The molecule has 0 saturated carbocycles. The first-order valence-electron chi connectivity index (χ1n) is 4.94. The molecule has 0 heterocycles. The average Bonchev–Trinajstić information content (AvgIpc) is 2.22. The summed E-state index contributed by atoms with van der Waals surface area (Å²) in [5.74, 6) is -0.539. The lowest BCUT2D eigenvalue weighted by Gasteiger charge is -1.97. The highest BCUT2D eigenvalue weighted by molar-refractivity contribution is 5.92. The van der Waals surface area contributed by atoms with E-state index >= 15 is 0 Å². The van der Waals surface area contributed by atoms with Crippen molar-refractivity contribution < 1.29 is 9.53 Å². The maximum Gasteiger partial charge on any atom is 0.348 e. The van der Waals surface area contributed by atoms with Gasteiger partial charge in [0.1, 0.15) is 11.6 Å². The average molecular weight is 195 g/mol. The van der Waals surface area contributed by atoms with Crippen LogP contribution in [-0.4, -0.2) is 13.1 Å². The minimum atomic E-state index is -0.539. The summed E-state index contributed by atoms with van der Waals surface area (Å²) in [6, 6.07) is 1.83. The van der Waals surface area contributed by atoms with Gasteiger partial charge in [-0.3, -0.25) is 0 Å². The van der Waals surface area contributed by atoms with E-state index in [0.717, 1.165) is 19.3 Å². The molecule has 0 saturated heterocycles. The van der Waals surface area contributed by atoms with Crippen LogP contribution in [0, 0.1) is 11.3 Å². The number of hydrogen-bond donors (Lipinski definition) is 0. The van der Waals surface area contributed by atoms with Gasteiger partial charge in [0.2, 0.25) is 0 Å². The molecule has 14 heavy (non-hydrogen) atoms. The molecule has 0 aliphatic rings. The second kappa shape index (κ2) is 8.31. The van der Waals surface area contributed by atoms with Gasteiger partial charge >= 0.3 is 5.97 Å². The Kier molecular flexibility index (Phi) is 7.53. The minimum absolute atomic E-state index is 0.115. The van der Waals surface area contributed by atoms with E-state index in [1.165, 1.54) is 20.0 Å². The van der Waals surface area contributed by atoms with E-state index in [2.05, 4.69) is 11.7 Å². The summed E-state index contributed by atoms with van der Waals surface area (Å²) in [6.07, 6.45) is 6.99. The largest absolute Gasteiger partial charge is 0.465 e. The van der Waals surface area contributed by atoms with Crippen LogP contribution in [0.2, 0.25) is 0 Å². The highest BCUT2D eigenvalue weighted by Crippen LogP contribution is 2.05. The van der Waals surface area contributed by atoms with Crippen molar-refractivity contribution in [3.63, 3.8) is 0 Å². The summed E-state index contributed by atoms with van der Waals surface area (Å²) >= 11 is 0. The van der Waals surface area contributed by atoms with Crippen molar-refractivity contribution in [1.82, 2.24) is 0 Å². The summed E-state index contributed by atoms with van der Waals surface area (Å²) in [4.78, 5) is 10.9. The zero-order valence-corrected chi connectivity index (χ0v) is 8.88. The number of rotatable bonds is 6. The minimum Gasteiger partial charge on any atom is -0.465 e. The Morgan fingerprint density at radius 2 is 2.14 bits per heavy atom. The zero-order chi connectivity index (χ0) is 10.8. The summed E-state index contributed by atoms with van der Waals surface area (Å²) in [5.41, 5.74) is 0.115. The molecule has 0 aromatic heterocycles. The van der Waals surface area contributed by atoms with Gasteiger partial charge < -0.3 is 4.74 Å². The lowest BCUT2D eigenvalue weighted by Crippen LogP contribution is -2.02. The maximum atomic E-state index is 10.9. The lowest BCUT2D eigenvalue weighted by molar-refractivity contribution is -0.135. The molecule has 0 aliphatic heterocycles. The third kappa shape index (κ3) is 5.36. The zero-order valence-electron chi connectivity index (χ0n) is 8.88. The number of carbonyl (C=O) groups excluding carboxylic acids is 1. The Hall–Kier alpha value is -1.30. The number of methoxy groups -OCH3 is 1. The number of unbranched alkanes of at least 4 members (excludes halogenated alkanes) is 4. The van der Waals surface area contributed by atoms with Gasteiger partial charge in [-0.05, 0) is 12.8 Å². The summed E-state index contributed by atoms with van der Waals surface area (Å²) in [6.45, 7) is 2.14. The molecule has 0 radical (unpaired) electrons. The van der Waals surface area contributed by atoms with Crippen LogP contribution in [0.5, 0.6) is 0 Å². The second-order valence-corrected chi connectivity index (χ2v) is 3.07. The number of nitriles is 1. The third-order valence-electron chi connectivity index (χ3n) is 1.93. The predicted molar refractivity (Wildman–Crippen MR) is 54.5 cm³/mol. The smallest absolute Gasteiger partial charge is 0.348 e. The van der Waals surface area contributed by atoms with Gasteiger partial charge in [0.05, 0.1) is 7.11 Å². The molecule has 78 valence electrons. The van der Waals surface area contributed by atoms with Gasteiger partial charge in [0, 0.05) is 0 Å².